The zero-order valence-electron chi connectivity index (χ0n) is 11.5. The molecule has 1 aliphatic carbocycles. The number of piperazine rings is 1. The molecule has 0 amide bonds. The van der Waals surface area contributed by atoms with Crippen LogP contribution in [0, 0.1) is 0 Å². The monoisotopic (exact) mass is 279 g/mol. The van der Waals surface area contributed by atoms with Gasteiger partial charge in [-0.25, -0.2) is 0 Å². The average Bonchev–Trinajstić information content (AvgIpc) is 2.37. The molecule has 3 nitrogen and oxygen atoms in total. The van der Waals surface area contributed by atoms with Crippen molar-refractivity contribution < 1.29 is 0 Å². The first kappa shape index (κ1) is 13.2. The molecular formula is C15H22ClN3. The first-order valence-corrected chi connectivity index (χ1v) is 7.49. The van der Waals surface area contributed by atoms with Crippen LogP contribution >= 0.6 is 11.6 Å². The second-order valence-corrected chi connectivity index (χ2v) is 6.37. The fourth-order valence-corrected chi connectivity index (χ4v) is 3.27. The Kier molecular flexibility index (Phi) is 3.46. The van der Waals surface area contributed by atoms with Crippen LogP contribution in [0.25, 0.3) is 0 Å². The number of nitrogens with two attached hydrogens (primary N) is 1. The predicted molar refractivity (Wildman–Crippen MR) is 80.9 cm³/mol. The molecule has 104 valence electrons. The van der Waals surface area contributed by atoms with Crippen LogP contribution in [-0.2, 0) is 5.54 Å². The first-order chi connectivity index (χ1) is 9.08. The van der Waals surface area contributed by atoms with E-state index < -0.39 is 0 Å². The molecule has 3 rings (SSSR count). The lowest BCUT2D eigenvalue weighted by molar-refractivity contribution is 0.253. The summed E-state index contributed by atoms with van der Waals surface area (Å²) in [5.74, 6) is 0. The van der Waals surface area contributed by atoms with Crippen molar-refractivity contribution in [2.75, 3.05) is 38.1 Å². The molecule has 0 bridgehead atoms. The Labute approximate surface area is 120 Å². The quantitative estimate of drug-likeness (QED) is 0.902. The van der Waals surface area contributed by atoms with Gasteiger partial charge in [0.15, 0.2) is 0 Å². The highest BCUT2D eigenvalue weighted by atomic mass is 35.5. The Bertz CT molecular complexity index is 462. The SMILES string of the molecule is CN1CCN(c2ccc(C3(N)CCC3)cc2Cl)CC1. The number of nitrogens with zero attached hydrogens (tertiary/aromatic N) is 2. The van der Waals surface area contributed by atoms with Gasteiger partial charge in [-0.3, -0.25) is 0 Å². The van der Waals surface area contributed by atoms with Gasteiger partial charge in [0.25, 0.3) is 0 Å². The fraction of sp³-hybridized carbons (Fsp3) is 0.600. The third kappa shape index (κ3) is 2.47. The summed E-state index contributed by atoms with van der Waals surface area (Å²) in [6.07, 6.45) is 3.39. The Morgan fingerprint density at radius 1 is 1.16 bits per heavy atom. The van der Waals surface area contributed by atoms with E-state index in [4.69, 9.17) is 17.3 Å². The fourth-order valence-electron chi connectivity index (χ4n) is 2.97. The van der Waals surface area contributed by atoms with Gasteiger partial charge in [-0.15, -0.1) is 0 Å². The Morgan fingerprint density at radius 3 is 2.37 bits per heavy atom. The molecule has 1 aromatic carbocycles. The summed E-state index contributed by atoms with van der Waals surface area (Å²) < 4.78 is 0. The lowest BCUT2D eigenvalue weighted by atomic mass is 9.73. The number of benzene rings is 1. The van der Waals surface area contributed by atoms with Crippen LogP contribution in [0.5, 0.6) is 0 Å². The van der Waals surface area contributed by atoms with Gasteiger partial charge < -0.3 is 15.5 Å². The van der Waals surface area contributed by atoms with E-state index in [9.17, 15) is 0 Å². The van der Waals surface area contributed by atoms with Crippen molar-refractivity contribution in [3.05, 3.63) is 28.8 Å². The van der Waals surface area contributed by atoms with Crippen LogP contribution < -0.4 is 10.6 Å². The molecule has 4 heteroatoms. The van der Waals surface area contributed by atoms with Crippen molar-refractivity contribution in [3.8, 4) is 0 Å². The molecule has 0 radical (unpaired) electrons. The van der Waals surface area contributed by atoms with Crippen LogP contribution in [0.2, 0.25) is 5.02 Å². The van der Waals surface area contributed by atoms with Crippen molar-refractivity contribution in [1.82, 2.24) is 4.90 Å². The second-order valence-electron chi connectivity index (χ2n) is 5.97. The summed E-state index contributed by atoms with van der Waals surface area (Å²) >= 11 is 6.48. The van der Waals surface area contributed by atoms with Gasteiger partial charge in [0, 0.05) is 31.7 Å². The largest absolute Gasteiger partial charge is 0.368 e. The van der Waals surface area contributed by atoms with Crippen molar-refractivity contribution in [1.29, 1.82) is 0 Å². The topological polar surface area (TPSA) is 32.5 Å². The maximum Gasteiger partial charge on any atom is 0.0643 e. The van der Waals surface area contributed by atoms with Gasteiger partial charge in [0.1, 0.15) is 0 Å². The molecule has 2 fully saturated rings. The lowest BCUT2D eigenvalue weighted by Crippen LogP contribution is -2.45. The maximum atomic E-state index is 6.48. The minimum atomic E-state index is -0.121. The Balaban J connectivity index is 1.80. The zero-order valence-corrected chi connectivity index (χ0v) is 12.3. The highest BCUT2D eigenvalue weighted by Crippen LogP contribution is 2.41. The summed E-state index contributed by atoms with van der Waals surface area (Å²) in [7, 11) is 2.16. The van der Waals surface area contributed by atoms with Crippen molar-refractivity contribution in [2.45, 2.75) is 24.8 Å². The van der Waals surface area contributed by atoms with Crippen molar-refractivity contribution in [3.63, 3.8) is 0 Å². The molecule has 1 aromatic rings. The van der Waals surface area contributed by atoms with Crippen LogP contribution in [0.15, 0.2) is 18.2 Å². The molecule has 2 aliphatic rings. The van der Waals surface area contributed by atoms with Gasteiger partial charge in [0.05, 0.1) is 10.7 Å². The number of halogens is 1. The van der Waals surface area contributed by atoms with E-state index in [-0.39, 0.29) is 5.54 Å². The van der Waals surface area contributed by atoms with Gasteiger partial charge >= 0.3 is 0 Å². The summed E-state index contributed by atoms with van der Waals surface area (Å²) in [4.78, 5) is 4.72. The van der Waals surface area contributed by atoms with Crippen molar-refractivity contribution >= 4 is 17.3 Å². The Morgan fingerprint density at radius 2 is 1.84 bits per heavy atom. The molecule has 0 aromatic heterocycles. The number of hydrogen-bond acceptors (Lipinski definition) is 3. The maximum absolute atomic E-state index is 6.48. The normalized spacial score (nSPS) is 23.2. The van der Waals surface area contributed by atoms with Crippen molar-refractivity contribution in [2.24, 2.45) is 5.73 Å². The molecule has 0 spiro atoms. The van der Waals surface area contributed by atoms with Gasteiger partial charge in [0.2, 0.25) is 0 Å². The van der Waals surface area contributed by atoms with E-state index in [1.165, 1.54) is 12.0 Å². The standard InChI is InChI=1S/C15H22ClN3/c1-18-7-9-19(10-8-18)14-4-3-12(11-13(14)16)15(17)5-2-6-15/h3-4,11H,2,5-10,17H2,1H3. The third-order valence-electron chi connectivity index (χ3n) is 4.61. The number of rotatable bonds is 2. The van der Waals surface area contributed by atoms with E-state index in [1.54, 1.807) is 0 Å². The zero-order chi connectivity index (χ0) is 13.5. The molecule has 1 aliphatic heterocycles. The van der Waals surface area contributed by atoms with E-state index in [0.29, 0.717) is 0 Å². The minimum Gasteiger partial charge on any atom is -0.368 e. The lowest BCUT2D eigenvalue weighted by Gasteiger charge is -2.39. The van der Waals surface area contributed by atoms with Gasteiger partial charge in [-0.1, -0.05) is 17.7 Å². The number of hydrogen-bond donors (Lipinski definition) is 1. The molecule has 1 saturated carbocycles. The van der Waals surface area contributed by atoms with Crippen LogP contribution in [0.3, 0.4) is 0 Å². The molecule has 0 unspecified atom stereocenters. The smallest absolute Gasteiger partial charge is 0.0643 e. The van der Waals surface area contributed by atoms with Gasteiger partial charge in [-0.2, -0.15) is 0 Å². The molecule has 0 atom stereocenters. The molecule has 1 heterocycles. The molecule has 19 heavy (non-hydrogen) atoms. The highest BCUT2D eigenvalue weighted by Gasteiger charge is 2.34. The molecule has 1 saturated heterocycles. The van der Waals surface area contributed by atoms with E-state index in [0.717, 1.165) is 49.7 Å². The van der Waals surface area contributed by atoms with E-state index in [2.05, 4.69) is 35.0 Å². The molecule has 2 N–H and O–H groups in total. The summed E-state index contributed by atoms with van der Waals surface area (Å²) in [6, 6.07) is 6.39. The van der Waals surface area contributed by atoms with E-state index in [1.807, 2.05) is 0 Å². The minimum absolute atomic E-state index is 0.121. The average molecular weight is 280 g/mol. The second kappa shape index (κ2) is 4.97. The number of anilines is 1. The first-order valence-electron chi connectivity index (χ1n) is 7.11. The Hall–Kier alpha value is -0.770. The predicted octanol–water partition coefficient (Wildman–Crippen LogP) is 2.43. The third-order valence-corrected chi connectivity index (χ3v) is 4.92. The van der Waals surface area contributed by atoms with Crippen LogP contribution in [-0.4, -0.2) is 38.1 Å². The highest BCUT2D eigenvalue weighted by molar-refractivity contribution is 6.33. The summed E-state index contributed by atoms with van der Waals surface area (Å²) in [6.45, 7) is 4.28. The molecular weight excluding hydrogens is 258 g/mol. The summed E-state index contributed by atoms with van der Waals surface area (Å²) in [5, 5.41) is 0.846. The van der Waals surface area contributed by atoms with E-state index >= 15 is 0 Å². The summed E-state index contributed by atoms with van der Waals surface area (Å²) in [5.41, 5.74) is 8.59. The number of likely N-dealkylation sites (N-methyl/N-ethyl adjacent to an activating group) is 1. The van der Waals surface area contributed by atoms with Crippen LogP contribution in [0.1, 0.15) is 24.8 Å². The van der Waals surface area contributed by atoms with Crippen LogP contribution in [0.4, 0.5) is 5.69 Å². The van der Waals surface area contributed by atoms with Gasteiger partial charge in [-0.05, 0) is 44.0 Å².